The SMILES string of the molecule is O=C(O)C1CCC(N2CC3CC3C2)C1. The normalized spacial score (nSPS) is 46.6. The third-order valence-electron chi connectivity index (χ3n) is 4.28. The lowest BCUT2D eigenvalue weighted by Crippen LogP contribution is -2.33. The molecule has 4 unspecified atom stereocenters. The van der Waals surface area contributed by atoms with Crippen LogP contribution in [0.4, 0.5) is 0 Å². The van der Waals surface area contributed by atoms with Gasteiger partial charge in [0.05, 0.1) is 5.92 Å². The fraction of sp³-hybridized carbons (Fsp3) is 0.909. The molecule has 1 saturated heterocycles. The summed E-state index contributed by atoms with van der Waals surface area (Å²) in [7, 11) is 0. The number of piperidine rings is 1. The highest BCUT2D eigenvalue weighted by Gasteiger charge is 2.48. The molecule has 0 radical (unpaired) electrons. The summed E-state index contributed by atoms with van der Waals surface area (Å²) in [5, 5.41) is 8.92. The maximum Gasteiger partial charge on any atom is 0.306 e. The molecule has 0 aromatic carbocycles. The molecule has 0 aromatic heterocycles. The van der Waals surface area contributed by atoms with Crippen LogP contribution in [0.3, 0.4) is 0 Å². The van der Waals surface area contributed by atoms with Crippen molar-refractivity contribution in [3.63, 3.8) is 0 Å². The zero-order valence-corrected chi connectivity index (χ0v) is 8.35. The van der Waals surface area contributed by atoms with Crippen molar-refractivity contribution >= 4 is 5.97 Å². The molecule has 4 atom stereocenters. The van der Waals surface area contributed by atoms with Crippen LogP contribution >= 0.6 is 0 Å². The second-order valence-corrected chi connectivity index (χ2v) is 5.21. The largest absolute Gasteiger partial charge is 0.481 e. The first kappa shape index (κ1) is 8.72. The van der Waals surface area contributed by atoms with E-state index in [4.69, 9.17) is 5.11 Å². The van der Waals surface area contributed by atoms with E-state index in [1.165, 1.54) is 19.5 Å². The molecule has 1 heterocycles. The zero-order valence-electron chi connectivity index (χ0n) is 8.35. The van der Waals surface area contributed by atoms with Crippen LogP contribution in [0.2, 0.25) is 0 Å². The Morgan fingerprint density at radius 2 is 1.86 bits per heavy atom. The Morgan fingerprint density at radius 3 is 2.43 bits per heavy atom. The molecule has 0 aromatic rings. The van der Waals surface area contributed by atoms with Gasteiger partial charge in [0.15, 0.2) is 0 Å². The number of nitrogens with zero attached hydrogens (tertiary/aromatic N) is 1. The van der Waals surface area contributed by atoms with Gasteiger partial charge in [-0.1, -0.05) is 0 Å². The highest BCUT2D eigenvalue weighted by atomic mass is 16.4. The summed E-state index contributed by atoms with van der Waals surface area (Å²) >= 11 is 0. The van der Waals surface area contributed by atoms with Crippen molar-refractivity contribution in [3.05, 3.63) is 0 Å². The van der Waals surface area contributed by atoms with Crippen molar-refractivity contribution in [3.8, 4) is 0 Å². The maximum atomic E-state index is 10.8. The van der Waals surface area contributed by atoms with Crippen molar-refractivity contribution in [2.45, 2.75) is 31.7 Å². The number of aliphatic carboxylic acids is 1. The fourth-order valence-electron chi connectivity index (χ4n) is 3.25. The Labute approximate surface area is 84.1 Å². The predicted molar refractivity (Wildman–Crippen MR) is 51.9 cm³/mol. The van der Waals surface area contributed by atoms with Crippen molar-refractivity contribution in [2.75, 3.05) is 13.1 Å². The summed E-state index contributed by atoms with van der Waals surface area (Å²) in [6.45, 7) is 2.50. The number of fused-ring (bicyclic) bond motifs is 1. The van der Waals surface area contributed by atoms with E-state index < -0.39 is 5.97 Å². The summed E-state index contributed by atoms with van der Waals surface area (Å²) in [4.78, 5) is 13.4. The topological polar surface area (TPSA) is 40.5 Å². The van der Waals surface area contributed by atoms with Crippen molar-refractivity contribution in [2.24, 2.45) is 17.8 Å². The van der Waals surface area contributed by atoms with E-state index in [1.807, 2.05) is 0 Å². The number of carboxylic acid groups (broad SMARTS) is 1. The van der Waals surface area contributed by atoms with E-state index >= 15 is 0 Å². The average Bonchev–Trinajstić information content (AvgIpc) is 2.69. The van der Waals surface area contributed by atoms with Gasteiger partial charge in [0.2, 0.25) is 0 Å². The quantitative estimate of drug-likeness (QED) is 0.719. The van der Waals surface area contributed by atoms with E-state index in [-0.39, 0.29) is 5.92 Å². The monoisotopic (exact) mass is 195 g/mol. The minimum absolute atomic E-state index is 0.0584. The van der Waals surface area contributed by atoms with Crippen molar-refractivity contribution < 1.29 is 9.90 Å². The van der Waals surface area contributed by atoms with Crippen LogP contribution in [-0.2, 0) is 4.79 Å². The number of hydrogen-bond donors (Lipinski definition) is 1. The molecule has 14 heavy (non-hydrogen) atoms. The van der Waals surface area contributed by atoms with E-state index in [1.54, 1.807) is 0 Å². The smallest absolute Gasteiger partial charge is 0.306 e. The van der Waals surface area contributed by atoms with Crippen molar-refractivity contribution in [1.29, 1.82) is 0 Å². The van der Waals surface area contributed by atoms with Gasteiger partial charge in [-0.3, -0.25) is 9.69 Å². The van der Waals surface area contributed by atoms with Gasteiger partial charge in [0.1, 0.15) is 0 Å². The second kappa shape index (κ2) is 2.96. The molecule has 0 spiro atoms. The van der Waals surface area contributed by atoms with E-state index in [0.29, 0.717) is 6.04 Å². The Balaban J connectivity index is 1.57. The van der Waals surface area contributed by atoms with Crippen LogP contribution in [0.1, 0.15) is 25.7 Å². The second-order valence-electron chi connectivity index (χ2n) is 5.21. The molecule has 3 aliphatic rings. The molecule has 3 nitrogen and oxygen atoms in total. The molecule has 78 valence electrons. The molecule has 0 amide bonds. The van der Waals surface area contributed by atoms with Gasteiger partial charge in [-0.25, -0.2) is 0 Å². The lowest BCUT2D eigenvalue weighted by molar-refractivity contribution is -0.141. The lowest BCUT2D eigenvalue weighted by Gasteiger charge is -2.24. The summed E-state index contributed by atoms with van der Waals surface area (Å²) < 4.78 is 0. The van der Waals surface area contributed by atoms with Gasteiger partial charge >= 0.3 is 5.97 Å². The Hall–Kier alpha value is -0.570. The fourth-order valence-corrected chi connectivity index (χ4v) is 3.25. The molecular weight excluding hydrogens is 178 g/mol. The number of carboxylic acids is 1. The van der Waals surface area contributed by atoms with Crippen LogP contribution in [0, 0.1) is 17.8 Å². The van der Waals surface area contributed by atoms with E-state index in [0.717, 1.165) is 31.1 Å². The zero-order chi connectivity index (χ0) is 9.71. The van der Waals surface area contributed by atoms with Crippen LogP contribution in [0.15, 0.2) is 0 Å². The van der Waals surface area contributed by atoms with Gasteiger partial charge in [0.25, 0.3) is 0 Å². The first-order valence-corrected chi connectivity index (χ1v) is 5.71. The van der Waals surface area contributed by atoms with Crippen LogP contribution < -0.4 is 0 Å². The maximum absolute atomic E-state index is 10.8. The highest BCUT2D eigenvalue weighted by Crippen LogP contribution is 2.47. The summed E-state index contributed by atoms with van der Waals surface area (Å²) in [5.41, 5.74) is 0. The number of rotatable bonds is 2. The van der Waals surface area contributed by atoms with Gasteiger partial charge in [0, 0.05) is 19.1 Å². The summed E-state index contributed by atoms with van der Waals surface area (Å²) in [6.07, 6.45) is 4.34. The lowest BCUT2D eigenvalue weighted by atomic mass is 10.1. The highest BCUT2D eigenvalue weighted by molar-refractivity contribution is 5.70. The van der Waals surface area contributed by atoms with Gasteiger partial charge < -0.3 is 5.11 Å². The van der Waals surface area contributed by atoms with Crippen LogP contribution in [-0.4, -0.2) is 35.1 Å². The minimum Gasteiger partial charge on any atom is -0.481 e. The number of hydrogen-bond acceptors (Lipinski definition) is 2. The molecule has 3 rings (SSSR count). The van der Waals surface area contributed by atoms with Crippen LogP contribution in [0.25, 0.3) is 0 Å². The van der Waals surface area contributed by atoms with E-state index in [9.17, 15) is 4.79 Å². The number of likely N-dealkylation sites (tertiary alicyclic amines) is 1. The van der Waals surface area contributed by atoms with Crippen molar-refractivity contribution in [1.82, 2.24) is 4.90 Å². The predicted octanol–water partition coefficient (Wildman–Crippen LogP) is 1.19. The minimum atomic E-state index is -0.586. The van der Waals surface area contributed by atoms with Gasteiger partial charge in [-0.05, 0) is 37.5 Å². The third-order valence-corrected chi connectivity index (χ3v) is 4.28. The first-order valence-electron chi connectivity index (χ1n) is 5.71. The summed E-state index contributed by atoms with van der Waals surface area (Å²) in [6, 6.07) is 0.587. The number of carbonyl (C=O) groups is 1. The molecule has 1 aliphatic heterocycles. The van der Waals surface area contributed by atoms with Gasteiger partial charge in [-0.2, -0.15) is 0 Å². The Morgan fingerprint density at radius 1 is 1.14 bits per heavy atom. The molecule has 2 aliphatic carbocycles. The molecule has 3 heteroatoms. The molecule has 0 bridgehead atoms. The average molecular weight is 195 g/mol. The third kappa shape index (κ3) is 1.34. The molecule has 2 saturated carbocycles. The molecule has 1 N–H and O–H groups in total. The Kier molecular flexibility index (Phi) is 1.84. The van der Waals surface area contributed by atoms with E-state index in [2.05, 4.69) is 4.90 Å². The standard InChI is InChI=1S/C11H17NO2/c13-11(14)7-1-2-10(4-7)12-5-8-3-9(8)6-12/h7-10H,1-6H2,(H,13,14). The Bertz CT molecular complexity index is 256. The van der Waals surface area contributed by atoms with Gasteiger partial charge in [-0.15, -0.1) is 0 Å². The van der Waals surface area contributed by atoms with Crippen LogP contribution in [0.5, 0.6) is 0 Å². The first-order chi connectivity index (χ1) is 6.74. The summed E-state index contributed by atoms with van der Waals surface area (Å²) in [5.74, 6) is 1.30. The molecule has 3 fully saturated rings. The molecular formula is C11H17NO2.